The summed E-state index contributed by atoms with van der Waals surface area (Å²) in [6.07, 6.45) is 3.28. The number of aromatic nitrogens is 3. The maximum Gasteiger partial charge on any atom is 0.408 e. The second-order valence-corrected chi connectivity index (χ2v) is 7.08. The van der Waals surface area contributed by atoms with Crippen LogP contribution in [0, 0.1) is 0 Å². The molecule has 0 bridgehead atoms. The van der Waals surface area contributed by atoms with Crippen LogP contribution in [0.4, 0.5) is 4.79 Å². The van der Waals surface area contributed by atoms with E-state index in [9.17, 15) is 4.79 Å². The van der Waals surface area contributed by atoms with Gasteiger partial charge in [0, 0.05) is 24.4 Å². The SMILES string of the molecule is CC(C)(C)OC(=O)N[C@@H](Cc1ccccc1)c1nc(-c2ccncc2)no1. The summed E-state index contributed by atoms with van der Waals surface area (Å²) in [5.74, 6) is 0.757. The van der Waals surface area contributed by atoms with Crippen molar-refractivity contribution < 1.29 is 14.1 Å². The van der Waals surface area contributed by atoms with Crippen LogP contribution in [0.3, 0.4) is 0 Å². The van der Waals surface area contributed by atoms with E-state index in [2.05, 4.69) is 20.4 Å². The van der Waals surface area contributed by atoms with Gasteiger partial charge >= 0.3 is 6.09 Å². The first-order valence-corrected chi connectivity index (χ1v) is 8.68. The number of alkyl carbamates (subject to hydrolysis) is 1. The number of hydrogen-bond donors (Lipinski definition) is 1. The third-order valence-corrected chi connectivity index (χ3v) is 3.65. The lowest BCUT2D eigenvalue weighted by Gasteiger charge is -2.22. The Balaban J connectivity index is 1.83. The van der Waals surface area contributed by atoms with Gasteiger partial charge in [0.2, 0.25) is 11.7 Å². The molecule has 1 aromatic carbocycles. The van der Waals surface area contributed by atoms with Gasteiger partial charge in [0.05, 0.1) is 0 Å². The van der Waals surface area contributed by atoms with Gasteiger partial charge in [0.15, 0.2) is 0 Å². The number of amides is 1. The minimum Gasteiger partial charge on any atom is -0.444 e. The van der Waals surface area contributed by atoms with Crippen molar-refractivity contribution in [2.45, 2.75) is 38.8 Å². The molecule has 0 spiro atoms. The molecule has 0 aliphatic heterocycles. The van der Waals surface area contributed by atoms with Gasteiger partial charge in [0.1, 0.15) is 11.6 Å². The molecule has 1 atom stereocenters. The number of hydrogen-bond acceptors (Lipinski definition) is 6. The summed E-state index contributed by atoms with van der Waals surface area (Å²) in [6, 6.07) is 12.9. The zero-order chi connectivity index (χ0) is 19.3. The average molecular weight is 366 g/mol. The van der Waals surface area contributed by atoms with Crippen molar-refractivity contribution in [3.8, 4) is 11.4 Å². The monoisotopic (exact) mass is 366 g/mol. The van der Waals surface area contributed by atoms with Crippen LogP contribution in [0.5, 0.6) is 0 Å². The Morgan fingerprint density at radius 1 is 1.15 bits per heavy atom. The van der Waals surface area contributed by atoms with Crippen LogP contribution in [0.1, 0.15) is 38.3 Å². The van der Waals surface area contributed by atoms with E-state index in [1.165, 1.54) is 0 Å². The number of nitrogens with one attached hydrogen (secondary N) is 1. The maximum absolute atomic E-state index is 12.3. The number of carbonyl (C=O) groups excluding carboxylic acids is 1. The average Bonchev–Trinajstić information content (AvgIpc) is 3.11. The lowest BCUT2D eigenvalue weighted by Crippen LogP contribution is -2.36. The van der Waals surface area contributed by atoms with E-state index in [-0.39, 0.29) is 0 Å². The van der Waals surface area contributed by atoms with Crippen molar-refractivity contribution in [1.29, 1.82) is 0 Å². The number of pyridine rings is 1. The van der Waals surface area contributed by atoms with E-state index in [1.54, 1.807) is 24.5 Å². The first-order chi connectivity index (χ1) is 12.9. The Morgan fingerprint density at radius 3 is 2.52 bits per heavy atom. The zero-order valence-corrected chi connectivity index (χ0v) is 15.5. The molecular formula is C20H22N4O3. The fourth-order valence-electron chi connectivity index (χ4n) is 2.49. The second kappa shape index (κ2) is 7.99. The second-order valence-electron chi connectivity index (χ2n) is 7.08. The van der Waals surface area contributed by atoms with Gasteiger partial charge < -0.3 is 14.6 Å². The van der Waals surface area contributed by atoms with E-state index in [4.69, 9.17) is 9.26 Å². The molecule has 140 valence electrons. The van der Waals surface area contributed by atoms with E-state index in [0.29, 0.717) is 18.1 Å². The first-order valence-electron chi connectivity index (χ1n) is 8.68. The van der Waals surface area contributed by atoms with Crippen molar-refractivity contribution in [3.05, 3.63) is 66.3 Å². The fourth-order valence-corrected chi connectivity index (χ4v) is 2.49. The third kappa shape index (κ3) is 5.37. The largest absolute Gasteiger partial charge is 0.444 e. The standard InChI is InChI=1S/C20H22N4O3/c1-20(2,3)26-19(25)22-16(13-14-7-5-4-6-8-14)18-23-17(24-27-18)15-9-11-21-12-10-15/h4-12,16H,13H2,1-3H3,(H,22,25)/t16-/m0/s1. The summed E-state index contributed by atoms with van der Waals surface area (Å²) < 4.78 is 10.8. The lowest BCUT2D eigenvalue weighted by molar-refractivity contribution is 0.0493. The minimum absolute atomic E-state index is 0.316. The molecule has 3 rings (SSSR count). The topological polar surface area (TPSA) is 90.1 Å². The molecule has 2 heterocycles. The summed E-state index contributed by atoms with van der Waals surface area (Å²) in [5, 5.41) is 6.86. The molecule has 2 aromatic heterocycles. The highest BCUT2D eigenvalue weighted by Gasteiger charge is 2.25. The predicted octanol–water partition coefficient (Wildman–Crippen LogP) is 3.94. The number of benzene rings is 1. The maximum atomic E-state index is 12.3. The molecular weight excluding hydrogens is 344 g/mol. The molecule has 1 amide bonds. The molecule has 3 aromatic rings. The fraction of sp³-hybridized carbons (Fsp3) is 0.300. The van der Waals surface area contributed by atoms with Crippen molar-refractivity contribution >= 4 is 6.09 Å². The quantitative estimate of drug-likeness (QED) is 0.735. The molecule has 7 nitrogen and oxygen atoms in total. The molecule has 0 saturated carbocycles. The van der Waals surface area contributed by atoms with Crippen LogP contribution in [0.25, 0.3) is 11.4 Å². The summed E-state index contributed by atoms with van der Waals surface area (Å²) in [5.41, 5.74) is 1.22. The van der Waals surface area contributed by atoms with Crippen LogP contribution < -0.4 is 5.32 Å². The number of rotatable bonds is 5. The van der Waals surface area contributed by atoms with E-state index < -0.39 is 17.7 Å². The van der Waals surface area contributed by atoms with Crippen molar-refractivity contribution in [1.82, 2.24) is 20.4 Å². The van der Waals surface area contributed by atoms with Crippen molar-refractivity contribution in [3.63, 3.8) is 0 Å². The smallest absolute Gasteiger partial charge is 0.408 e. The zero-order valence-electron chi connectivity index (χ0n) is 15.5. The Hall–Kier alpha value is -3.22. The van der Waals surface area contributed by atoms with Crippen LogP contribution >= 0.6 is 0 Å². The Labute approximate surface area is 157 Å². The highest BCUT2D eigenvalue weighted by Crippen LogP contribution is 2.22. The molecule has 0 aliphatic carbocycles. The summed E-state index contributed by atoms with van der Waals surface area (Å²) in [4.78, 5) is 20.7. The van der Waals surface area contributed by atoms with Gasteiger partial charge in [-0.3, -0.25) is 4.98 Å². The van der Waals surface area contributed by atoms with Crippen molar-refractivity contribution in [2.75, 3.05) is 0 Å². The lowest BCUT2D eigenvalue weighted by atomic mass is 10.1. The molecule has 0 radical (unpaired) electrons. The molecule has 0 unspecified atom stereocenters. The summed E-state index contributed by atoms with van der Waals surface area (Å²) in [6.45, 7) is 5.44. The van der Waals surface area contributed by atoms with E-state index in [0.717, 1.165) is 11.1 Å². The highest BCUT2D eigenvalue weighted by atomic mass is 16.6. The molecule has 1 N–H and O–H groups in total. The number of carbonyl (C=O) groups is 1. The normalized spacial score (nSPS) is 12.4. The van der Waals surface area contributed by atoms with Crippen LogP contribution in [0.2, 0.25) is 0 Å². The van der Waals surface area contributed by atoms with Crippen LogP contribution in [-0.4, -0.2) is 26.8 Å². The van der Waals surface area contributed by atoms with Crippen LogP contribution in [-0.2, 0) is 11.2 Å². The minimum atomic E-state index is -0.599. The predicted molar refractivity (Wildman–Crippen MR) is 99.8 cm³/mol. The van der Waals surface area contributed by atoms with Crippen molar-refractivity contribution in [2.24, 2.45) is 0 Å². The summed E-state index contributed by atoms with van der Waals surface area (Å²) >= 11 is 0. The van der Waals surface area contributed by atoms with Crippen LogP contribution in [0.15, 0.2) is 59.4 Å². The van der Waals surface area contributed by atoms with Gasteiger partial charge in [-0.25, -0.2) is 4.79 Å². The molecule has 0 aliphatic rings. The Bertz CT molecular complexity index is 873. The molecule has 0 saturated heterocycles. The molecule has 7 heteroatoms. The molecule has 0 fully saturated rings. The van der Waals surface area contributed by atoms with E-state index >= 15 is 0 Å². The number of nitrogens with zero attached hydrogens (tertiary/aromatic N) is 3. The van der Waals surface area contributed by atoms with E-state index in [1.807, 2.05) is 51.1 Å². The van der Waals surface area contributed by atoms with Gasteiger partial charge in [-0.1, -0.05) is 35.5 Å². The summed E-state index contributed by atoms with van der Waals surface area (Å²) in [7, 11) is 0. The van der Waals surface area contributed by atoms with Gasteiger partial charge in [-0.05, 0) is 38.5 Å². The number of ether oxygens (including phenoxy) is 1. The van der Waals surface area contributed by atoms with Gasteiger partial charge in [-0.15, -0.1) is 0 Å². The van der Waals surface area contributed by atoms with Gasteiger partial charge in [0.25, 0.3) is 0 Å². The van der Waals surface area contributed by atoms with Gasteiger partial charge in [-0.2, -0.15) is 4.98 Å². The Morgan fingerprint density at radius 2 is 1.85 bits per heavy atom. The third-order valence-electron chi connectivity index (χ3n) is 3.65. The highest BCUT2D eigenvalue weighted by molar-refractivity contribution is 5.68. The first kappa shape index (κ1) is 18.6. The molecule has 27 heavy (non-hydrogen) atoms. The Kier molecular flexibility index (Phi) is 5.49.